The van der Waals surface area contributed by atoms with Crippen LogP contribution in [0.25, 0.3) is 0 Å². The smallest absolute Gasteiger partial charge is 0.0622 e. The Morgan fingerprint density at radius 1 is 0.333 bits per heavy atom. The summed E-state index contributed by atoms with van der Waals surface area (Å²) in [6.07, 6.45) is 5.79. The number of aryl methyl sites for hydroxylation is 2. The van der Waals surface area contributed by atoms with Crippen LogP contribution in [-0.4, -0.2) is 0 Å². The molecule has 0 spiro atoms. The highest BCUT2D eigenvalue weighted by molar-refractivity contribution is 7.95. The molecule has 5 aromatic carbocycles. The standard InChI is InChI=1S/C35H34P/c1-5-15-30(16-6-1)17-13-14-18-31-25-27-32(28-26-31)29-36(33-19-7-2-8-20-33,34-21-9-3-10-22-34)35-23-11-4-12-24-35/h1-12,15-16,19-28H,13-14,17-18,29H2/q+1. The number of benzene rings is 5. The van der Waals surface area contributed by atoms with Gasteiger partial charge in [-0.15, -0.1) is 0 Å². The van der Waals surface area contributed by atoms with Gasteiger partial charge in [-0.25, -0.2) is 0 Å². The van der Waals surface area contributed by atoms with Gasteiger partial charge in [-0.2, -0.15) is 0 Å². The molecule has 5 aromatic rings. The highest BCUT2D eigenvalue weighted by Gasteiger charge is 2.45. The van der Waals surface area contributed by atoms with Crippen molar-refractivity contribution < 1.29 is 0 Å². The van der Waals surface area contributed by atoms with E-state index in [1.165, 1.54) is 45.4 Å². The molecule has 0 nitrogen and oxygen atoms in total. The molecule has 0 amide bonds. The quantitative estimate of drug-likeness (QED) is 0.140. The van der Waals surface area contributed by atoms with Gasteiger partial charge in [-0.1, -0.05) is 109 Å². The second-order valence-corrected chi connectivity index (χ2v) is 13.0. The Kier molecular flexibility index (Phi) is 8.06. The first-order valence-electron chi connectivity index (χ1n) is 13.0. The minimum absolute atomic E-state index is 1.03. The molecule has 0 aromatic heterocycles. The van der Waals surface area contributed by atoms with E-state index < -0.39 is 7.26 Å². The van der Waals surface area contributed by atoms with Gasteiger partial charge in [0.1, 0.15) is 23.2 Å². The van der Waals surface area contributed by atoms with Crippen molar-refractivity contribution in [2.45, 2.75) is 31.8 Å². The lowest BCUT2D eigenvalue weighted by molar-refractivity contribution is 0.734. The summed E-state index contributed by atoms with van der Waals surface area (Å²) < 4.78 is 0. The Balaban J connectivity index is 1.39. The Morgan fingerprint density at radius 3 is 1.08 bits per heavy atom. The average Bonchev–Trinajstić information content (AvgIpc) is 2.97. The van der Waals surface area contributed by atoms with Crippen molar-refractivity contribution in [3.8, 4) is 0 Å². The Labute approximate surface area is 217 Å². The van der Waals surface area contributed by atoms with Crippen LogP contribution in [0.15, 0.2) is 146 Å². The van der Waals surface area contributed by atoms with Crippen LogP contribution in [0.2, 0.25) is 0 Å². The normalized spacial score (nSPS) is 11.3. The fourth-order valence-electron chi connectivity index (χ4n) is 5.16. The monoisotopic (exact) mass is 485 g/mol. The topological polar surface area (TPSA) is 0 Å². The molecule has 0 aliphatic heterocycles. The third kappa shape index (κ3) is 5.67. The highest BCUT2D eigenvalue weighted by Crippen LogP contribution is 2.58. The summed E-state index contributed by atoms with van der Waals surface area (Å²) in [6, 6.07) is 53.8. The van der Waals surface area contributed by atoms with E-state index in [4.69, 9.17) is 0 Å². The third-order valence-electron chi connectivity index (χ3n) is 7.06. The Morgan fingerprint density at radius 2 is 0.667 bits per heavy atom. The molecule has 1 heteroatoms. The second kappa shape index (κ2) is 12.0. The van der Waals surface area contributed by atoms with E-state index in [0.29, 0.717) is 0 Å². The van der Waals surface area contributed by atoms with Crippen molar-refractivity contribution in [1.82, 2.24) is 0 Å². The van der Waals surface area contributed by atoms with Gasteiger partial charge in [0.05, 0.1) is 6.16 Å². The lowest BCUT2D eigenvalue weighted by Crippen LogP contribution is -2.32. The number of unbranched alkanes of at least 4 members (excludes halogenated alkanes) is 1. The second-order valence-electron chi connectivity index (χ2n) is 9.48. The van der Waals surface area contributed by atoms with Crippen molar-refractivity contribution in [3.05, 3.63) is 162 Å². The van der Waals surface area contributed by atoms with E-state index in [-0.39, 0.29) is 0 Å². The summed E-state index contributed by atoms with van der Waals surface area (Å²) in [5.74, 6) is 0. The Bertz CT molecular complexity index is 1220. The molecular weight excluding hydrogens is 451 g/mol. The zero-order chi connectivity index (χ0) is 24.5. The van der Waals surface area contributed by atoms with Crippen LogP contribution < -0.4 is 15.9 Å². The molecule has 0 N–H and O–H groups in total. The molecule has 0 atom stereocenters. The molecule has 0 saturated heterocycles. The predicted octanol–water partition coefficient (Wildman–Crippen LogP) is 7.75. The van der Waals surface area contributed by atoms with Gasteiger partial charge >= 0.3 is 0 Å². The van der Waals surface area contributed by atoms with Crippen LogP contribution in [0, 0.1) is 0 Å². The van der Waals surface area contributed by atoms with E-state index in [0.717, 1.165) is 19.0 Å². The zero-order valence-electron chi connectivity index (χ0n) is 20.8. The fraction of sp³-hybridized carbons (Fsp3) is 0.143. The molecule has 0 aliphatic rings. The van der Waals surface area contributed by atoms with Crippen LogP contribution >= 0.6 is 7.26 Å². The molecule has 0 fully saturated rings. The molecule has 178 valence electrons. The molecule has 0 saturated carbocycles. The van der Waals surface area contributed by atoms with Crippen molar-refractivity contribution in [2.24, 2.45) is 0 Å². The average molecular weight is 486 g/mol. The van der Waals surface area contributed by atoms with Crippen LogP contribution in [0.4, 0.5) is 0 Å². The first-order valence-corrected chi connectivity index (χ1v) is 15.0. The molecule has 36 heavy (non-hydrogen) atoms. The van der Waals surface area contributed by atoms with Crippen molar-refractivity contribution >= 4 is 23.2 Å². The van der Waals surface area contributed by atoms with Gasteiger partial charge in [0, 0.05) is 0 Å². The molecular formula is C35H34P+. The van der Waals surface area contributed by atoms with Crippen molar-refractivity contribution in [2.75, 3.05) is 0 Å². The number of rotatable bonds is 10. The van der Waals surface area contributed by atoms with Crippen LogP contribution in [0.3, 0.4) is 0 Å². The first-order chi connectivity index (χ1) is 17.8. The maximum atomic E-state index is 2.37. The lowest BCUT2D eigenvalue weighted by atomic mass is 10.0. The third-order valence-corrected chi connectivity index (χ3v) is 11.4. The Hall–Kier alpha value is -3.47. The number of hydrogen-bond acceptors (Lipinski definition) is 0. The minimum Gasteiger partial charge on any atom is -0.0622 e. The van der Waals surface area contributed by atoms with Crippen molar-refractivity contribution in [1.29, 1.82) is 0 Å². The van der Waals surface area contributed by atoms with Gasteiger partial charge in [-0.05, 0) is 78.8 Å². The van der Waals surface area contributed by atoms with E-state index in [1.807, 2.05) is 0 Å². The molecule has 5 rings (SSSR count). The summed E-state index contributed by atoms with van der Waals surface area (Å²) in [5.41, 5.74) is 4.29. The molecule has 0 aliphatic carbocycles. The predicted molar refractivity (Wildman–Crippen MR) is 158 cm³/mol. The number of hydrogen-bond donors (Lipinski definition) is 0. The maximum Gasteiger partial charge on any atom is 0.116 e. The van der Waals surface area contributed by atoms with Gasteiger partial charge in [0.25, 0.3) is 0 Å². The van der Waals surface area contributed by atoms with Gasteiger partial charge < -0.3 is 0 Å². The molecule has 0 unspecified atom stereocenters. The highest BCUT2D eigenvalue weighted by atomic mass is 31.2. The van der Waals surface area contributed by atoms with Gasteiger partial charge in [0.15, 0.2) is 0 Å². The largest absolute Gasteiger partial charge is 0.116 e. The van der Waals surface area contributed by atoms with E-state index in [1.54, 1.807) is 0 Å². The van der Waals surface area contributed by atoms with Crippen LogP contribution in [-0.2, 0) is 19.0 Å². The van der Waals surface area contributed by atoms with E-state index >= 15 is 0 Å². The van der Waals surface area contributed by atoms with E-state index in [2.05, 4.69) is 146 Å². The first kappa shape index (κ1) is 24.2. The lowest BCUT2D eigenvalue weighted by Gasteiger charge is -2.28. The zero-order valence-corrected chi connectivity index (χ0v) is 21.7. The molecule has 0 heterocycles. The summed E-state index contributed by atoms with van der Waals surface area (Å²) in [5, 5.41) is 4.31. The maximum absolute atomic E-state index is 2.37. The van der Waals surface area contributed by atoms with Crippen molar-refractivity contribution in [3.63, 3.8) is 0 Å². The molecule has 0 radical (unpaired) electrons. The SMILES string of the molecule is c1ccc(CCCCc2ccc(C[P+](c3ccccc3)(c3ccccc3)c3ccccc3)cc2)cc1. The summed E-state index contributed by atoms with van der Waals surface area (Å²) in [4.78, 5) is 0. The minimum atomic E-state index is -1.85. The van der Waals surface area contributed by atoms with E-state index in [9.17, 15) is 0 Å². The summed E-state index contributed by atoms with van der Waals surface area (Å²) in [7, 11) is -1.85. The molecule has 0 bridgehead atoms. The fourth-order valence-corrected chi connectivity index (χ4v) is 9.40. The van der Waals surface area contributed by atoms with Crippen LogP contribution in [0.5, 0.6) is 0 Å². The van der Waals surface area contributed by atoms with Crippen LogP contribution in [0.1, 0.15) is 29.5 Å². The summed E-state index contributed by atoms with van der Waals surface area (Å²) >= 11 is 0. The van der Waals surface area contributed by atoms with Gasteiger partial charge in [0.2, 0.25) is 0 Å². The van der Waals surface area contributed by atoms with Gasteiger partial charge in [-0.3, -0.25) is 0 Å². The summed E-state index contributed by atoms with van der Waals surface area (Å²) in [6.45, 7) is 0.